The molecule has 0 unspecified atom stereocenters. The zero-order valence-corrected chi connectivity index (χ0v) is 12.4. The van der Waals surface area contributed by atoms with E-state index in [4.69, 9.17) is 0 Å². The van der Waals surface area contributed by atoms with Crippen LogP contribution in [0.4, 0.5) is 4.39 Å². The van der Waals surface area contributed by atoms with Crippen LogP contribution >= 0.6 is 0 Å². The van der Waals surface area contributed by atoms with Gasteiger partial charge < -0.3 is 5.32 Å². The monoisotopic (exact) mass is 288 g/mol. The first-order valence-corrected chi connectivity index (χ1v) is 7.83. The van der Waals surface area contributed by atoms with Crippen LogP contribution in [0, 0.1) is 5.82 Å². The molecule has 1 rings (SSSR count). The van der Waals surface area contributed by atoms with Crippen molar-refractivity contribution in [2.24, 2.45) is 0 Å². The molecule has 0 saturated carbocycles. The molecule has 0 radical (unpaired) electrons. The second-order valence-corrected chi connectivity index (χ2v) is 6.36. The maximum Gasteiger partial charge on any atom is 0.243 e. The summed E-state index contributed by atoms with van der Waals surface area (Å²) in [7, 11) is -2.14. The molecule has 0 atom stereocenters. The van der Waals surface area contributed by atoms with Gasteiger partial charge in [0.25, 0.3) is 0 Å². The fourth-order valence-electron chi connectivity index (χ4n) is 1.65. The van der Waals surface area contributed by atoms with Gasteiger partial charge in [-0.2, -0.15) is 0 Å². The number of nitrogens with zero attached hydrogens (tertiary/aromatic N) is 1. The minimum atomic E-state index is -3.63. The van der Waals surface area contributed by atoms with E-state index in [-0.39, 0.29) is 4.90 Å². The van der Waals surface area contributed by atoms with E-state index in [1.807, 2.05) is 6.92 Å². The van der Waals surface area contributed by atoms with E-state index < -0.39 is 15.8 Å². The molecular weight excluding hydrogens is 267 g/mol. The van der Waals surface area contributed by atoms with E-state index in [1.165, 1.54) is 23.5 Å². The molecule has 0 aliphatic carbocycles. The minimum absolute atomic E-state index is 0.0421. The number of hydrogen-bond donors (Lipinski definition) is 1. The molecule has 0 aliphatic heterocycles. The second kappa shape index (κ2) is 6.98. The summed E-state index contributed by atoms with van der Waals surface area (Å²) < 4.78 is 39.1. The fourth-order valence-corrected chi connectivity index (χ4v) is 3.06. The molecule has 0 amide bonds. The molecule has 0 aliphatic rings. The van der Waals surface area contributed by atoms with E-state index in [0.29, 0.717) is 18.7 Å². The molecule has 0 heterocycles. The van der Waals surface area contributed by atoms with Gasteiger partial charge in [-0.3, -0.25) is 0 Å². The van der Waals surface area contributed by atoms with E-state index in [0.717, 1.165) is 19.0 Å². The Kier molecular flexibility index (Phi) is 5.90. The van der Waals surface area contributed by atoms with Crippen molar-refractivity contribution in [2.75, 3.05) is 20.1 Å². The number of sulfonamides is 1. The zero-order chi connectivity index (χ0) is 14.5. The minimum Gasteiger partial charge on any atom is -0.313 e. The highest BCUT2D eigenvalue weighted by atomic mass is 32.2. The quantitative estimate of drug-likeness (QED) is 0.780. The molecule has 1 N–H and O–H groups in total. The van der Waals surface area contributed by atoms with Crippen LogP contribution in [0.25, 0.3) is 0 Å². The lowest BCUT2D eigenvalue weighted by Crippen LogP contribution is -2.28. The Hall–Kier alpha value is -0.980. The summed E-state index contributed by atoms with van der Waals surface area (Å²) in [5, 5.41) is 3.13. The maximum atomic E-state index is 13.3. The van der Waals surface area contributed by atoms with Gasteiger partial charge in [0.05, 0.1) is 4.90 Å². The Morgan fingerprint density at radius 3 is 2.58 bits per heavy atom. The van der Waals surface area contributed by atoms with Crippen molar-refractivity contribution in [3.8, 4) is 0 Å². The molecule has 0 aromatic heterocycles. The number of benzene rings is 1. The van der Waals surface area contributed by atoms with Crippen LogP contribution < -0.4 is 5.32 Å². The number of hydrogen-bond acceptors (Lipinski definition) is 3. The first-order chi connectivity index (χ1) is 8.93. The van der Waals surface area contributed by atoms with E-state index >= 15 is 0 Å². The van der Waals surface area contributed by atoms with Gasteiger partial charge in [0.15, 0.2) is 0 Å². The predicted octanol–water partition coefficient (Wildman–Crippen LogP) is 1.97. The van der Waals surface area contributed by atoms with Crippen LogP contribution in [0.3, 0.4) is 0 Å². The van der Waals surface area contributed by atoms with Gasteiger partial charge in [-0.05, 0) is 30.7 Å². The predicted molar refractivity (Wildman–Crippen MR) is 73.9 cm³/mol. The third kappa shape index (κ3) is 3.99. The van der Waals surface area contributed by atoms with Crippen LogP contribution in [0.1, 0.15) is 25.8 Å². The maximum absolute atomic E-state index is 13.3. The summed E-state index contributed by atoms with van der Waals surface area (Å²) in [6.07, 6.45) is 0.956. The molecule has 0 bridgehead atoms. The van der Waals surface area contributed by atoms with Crippen LogP contribution in [-0.2, 0) is 16.6 Å². The van der Waals surface area contributed by atoms with Crippen molar-refractivity contribution in [1.82, 2.24) is 9.62 Å². The van der Waals surface area contributed by atoms with Crippen LogP contribution in [0.15, 0.2) is 23.1 Å². The Morgan fingerprint density at radius 2 is 2.00 bits per heavy atom. The second-order valence-electron chi connectivity index (χ2n) is 4.35. The van der Waals surface area contributed by atoms with E-state index in [2.05, 4.69) is 5.32 Å². The lowest BCUT2D eigenvalue weighted by Gasteiger charge is -2.18. The van der Waals surface area contributed by atoms with Crippen molar-refractivity contribution >= 4 is 10.0 Å². The van der Waals surface area contributed by atoms with Crippen molar-refractivity contribution in [1.29, 1.82) is 0 Å². The summed E-state index contributed by atoms with van der Waals surface area (Å²) in [5.41, 5.74) is 0.593. The van der Waals surface area contributed by atoms with Gasteiger partial charge in [-0.15, -0.1) is 0 Å². The van der Waals surface area contributed by atoms with Gasteiger partial charge >= 0.3 is 0 Å². The van der Waals surface area contributed by atoms with Gasteiger partial charge in [0.1, 0.15) is 5.82 Å². The summed E-state index contributed by atoms with van der Waals surface area (Å²) in [6.45, 7) is 5.33. The summed E-state index contributed by atoms with van der Waals surface area (Å²) >= 11 is 0. The summed E-state index contributed by atoms with van der Waals surface area (Å²) in [6, 6.07) is 3.90. The standard InChI is InChI=1S/C13H21FN2O2S/c1-4-8-15-10-11-6-7-12(14)9-13(11)19(17,18)16(3)5-2/h6-7,9,15H,4-5,8,10H2,1-3H3. The topological polar surface area (TPSA) is 49.4 Å². The van der Waals surface area contributed by atoms with Crippen molar-refractivity contribution < 1.29 is 12.8 Å². The molecule has 1 aromatic carbocycles. The average Bonchev–Trinajstić information content (AvgIpc) is 2.39. The van der Waals surface area contributed by atoms with Gasteiger partial charge in [-0.1, -0.05) is 19.9 Å². The molecule has 6 heteroatoms. The van der Waals surface area contributed by atoms with E-state index in [9.17, 15) is 12.8 Å². The number of nitrogens with one attached hydrogen (secondary N) is 1. The molecule has 0 spiro atoms. The molecule has 19 heavy (non-hydrogen) atoms. The normalized spacial score (nSPS) is 12.1. The zero-order valence-electron chi connectivity index (χ0n) is 11.6. The number of halogens is 1. The van der Waals surface area contributed by atoms with Gasteiger partial charge in [-0.25, -0.2) is 17.1 Å². The Bertz CT molecular complexity index is 517. The Labute approximate surface area is 114 Å². The van der Waals surface area contributed by atoms with Crippen LogP contribution in [0.2, 0.25) is 0 Å². The van der Waals surface area contributed by atoms with Crippen LogP contribution in [-0.4, -0.2) is 32.9 Å². The molecule has 1 aromatic rings. The average molecular weight is 288 g/mol. The van der Waals surface area contributed by atoms with Crippen molar-refractivity contribution in [3.63, 3.8) is 0 Å². The van der Waals surface area contributed by atoms with Gasteiger partial charge in [0, 0.05) is 20.1 Å². The van der Waals surface area contributed by atoms with Crippen molar-refractivity contribution in [3.05, 3.63) is 29.6 Å². The highest BCUT2D eigenvalue weighted by Crippen LogP contribution is 2.20. The highest BCUT2D eigenvalue weighted by Gasteiger charge is 2.23. The Morgan fingerprint density at radius 1 is 1.32 bits per heavy atom. The molecular formula is C13H21FN2O2S. The van der Waals surface area contributed by atoms with E-state index in [1.54, 1.807) is 6.92 Å². The third-order valence-electron chi connectivity index (χ3n) is 2.90. The van der Waals surface area contributed by atoms with Gasteiger partial charge in [0.2, 0.25) is 10.0 Å². The number of rotatable bonds is 7. The lowest BCUT2D eigenvalue weighted by atomic mass is 10.2. The fraction of sp³-hybridized carbons (Fsp3) is 0.538. The summed E-state index contributed by atoms with van der Waals surface area (Å²) in [5.74, 6) is -0.540. The molecule has 108 valence electrons. The Balaban J connectivity index is 3.13. The SMILES string of the molecule is CCCNCc1ccc(F)cc1S(=O)(=O)N(C)CC. The lowest BCUT2D eigenvalue weighted by molar-refractivity contribution is 0.483. The molecule has 0 fully saturated rings. The highest BCUT2D eigenvalue weighted by molar-refractivity contribution is 7.89. The first-order valence-electron chi connectivity index (χ1n) is 6.39. The third-order valence-corrected chi connectivity index (χ3v) is 4.92. The smallest absolute Gasteiger partial charge is 0.243 e. The molecule has 4 nitrogen and oxygen atoms in total. The largest absolute Gasteiger partial charge is 0.313 e. The summed E-state index contributed by atoms with van der Waals surface area (Å²) in [4.78, 5) is 0.0421. The van der Waals surface area contributed by atoms with Crippen molar-refractivity contribution in [2.45, 2.75) is 31.7 Å². The van der Waals surface area contributed by atoms with Crippen LogP contribution in [0.5, 0.6) is 0 Å². The molecule has 0 saturated heterocycles. The first kappa shape index (κ1) is 16.1.